The molecule has 4 heteroatoms. The standard InChI is InChI=1S/C8H16I2.C3H6Cl2/c9-7-5-3-1-2-4-6-8-10;4-2-1-3-5/h1-8H2;1-3H2. The SMILES string of the molecule is ClCCCCl.ICCCCCCCCI. The van der Waals surface area contributed by atoms with E-state index in [1.165, 1.54) is 47.4 Å². The molecule has 0 radical (unpaired) electrons. The van der Waals surface area contributed by atoms with E-state index in [0.29, 0.717) is 11.8 Å². The fourth-order valence-electron chi connectivity index (χ4n) is 0.947. The molecule has 0 aromatic rings. The summed E-state index contributed by atoms with van der Waals surface area (Å²) in [5.74, 6) is 1.37. The van der Waals surface area contributed by atoms with Gasteiger partial charge in [0.05, 0.1) is 0 Å². The third-order valence-corrected chi connectivity index (χ3v) is 3.84. The Balaban J connectivity index is 0. The highest BCUT2D eigenvalue weighted by molar-refractivity contribution is 14.1. The first-order chi connectivity index (χ1) is 7.33. The molecule has 0 aromatic heterocycles. The molecule has 0 N–H and O–H groups in total. The van der Waals surface area contributed by atoms with Crippen LogP contribution in [-0.4, -0.2) is 20.6 Å². The van der Waals surface area contributed by atoms with E-state index in [1.807, 2.05) is 0 Å². The van der Waals surface area contributed by atoms with E-state index in [1.54, 1.807) is 0 Å². The van der Waals surface area contributed by atoms with E-state index in [0.717, 1.165) is 6.42 Å². The Morgan fingerprint density at radius 1 is 0.533 bits per heavy atom. The van der Waals surface area contributed by atoms with Gasteiger partial charge in [0.1, 0.15) is 0 Å². The zero-order chi connectivity index (χ0) is 11.8. The molecule has 0 saturated heterocycles. The van der Waals surface area contributed by atoms with E-state index < -0.39 is 0 Å². The van der Waals surface area contributed by atoms with E-state index in [-0.39, 0.29) is 0 Å². The maximum absolute atomic E-state index is 5.22. The van der Waals surface area contributed by atoms with Gasteiger partial charge in [-0.25, -0.2) is 0 Å². The van der Waals surface area contributed by atoms with Gasteiger partial charge in [-0.05, 0) is 28.1 Å². The predicted octanol–water partition coefficient (Wildman–Crippen LogP) is 6.05. The quantitative estimate of drug-likeness (QED) is 0.215. The molecule has 0 aliphatic heterocycles. The number of hydrogen-bond donors (Lipinski definition) is 0. The minimum atomic E-state index is 0.684. The van der Waals surface area contributed by atoms with E-state index in [2.05, 4.69) is 45.2 Å². The molecule has 0 unspecified atom stereocenters. The summed E-state index contributed by atoms with van der Waals surface area (Å²) in [5.41, 5.74) is 0. The Hall–Kier alpha value is 2.04. The molecule has 0 rings (SSSR count). The highest BCUT2D eigenvalue weighted by atomic mass is 127. The second kappa shape index (κ2) is 21.3. The van der Waals surface area contributed by atoms with Crippen molar-refractivity contribution in [3.05, 3.63) is 0 Å². The van der Waals surface area contributed by atoms with Crippen LogP contribution in [0, 0.1) is 0 Å². The van der Waals surface area contributed by atoms with Crippen LogP contribution in [0.25, 0.3) is 0 Å². The molecule has 0 amide bonds. The molecule has 0 aromatic carbocycles. The van der Waals surface area contributed by atoms with Gasteiger partial charge in [-0.3, -0.25) is 0 Å². The molecule has 0 saturated carbocycles. The second-order valence-electron chi connectivity index (χ2n) is 3.23. The molecule has 0 fully saturated rings. The largest absolute Gasteiger partial charge is 0.127 e. The molecule has 0 bridgehead atoms. The van der Waals surface area contributed by atoms with Gasteiger partial charge in [-0.2, -0.15) is 0 Å². The summed E-state index contributed by atoms with van der Waals surface area (Å²) >= 11 is 15.3. The summed E-state index contributed by atoms with van der Waals surface area (Å²) in [6.07, 6.45) is 9.58. The van der Waals surface area contributed by atoms with Crippen LogP contribution in [0.2, 0.25) is 0 Å². The van der Waals surface area contributed by atoms with Crippen LogP contribution in [0.4, 0.5) is 0 Å². The fraction of sp³-hybridized carbons (Fsp3) is 1.00. The lowest BCUT2D eigenvalue weighted by atomic mass is 10.1. The summed E-state index contributed by atoms with van der Waals surface area (Å²) in [5, 5.41) is 0. The van der Waals surface area contributed by atoms with E-state index in [4.69, 9.17) is 23.2 Å². The molecular formula is C11H22Cl2I2. The van der Waals surface area contributed by atoms with Crippen molar-refractivity contribution < 1.29 is 0 Å². The van der Waals surface area contributed by atoms with Gasteiger partial charge in [-0.15, -0.1) is 23.2 Å². The number of halogens is 4. The Kier molecular flexibility index (Phi) is 27.6. The monoisotopic (exact) mass is 478 g/mol. The van der Waals surface area contributed by atoms with Crippen molar-refractivity contribution >= 4 is 68.4 Å². The van der Waals surface area contributed by atoms with Crippen molar-refractivity contribution in [3.8, 4) is 0 Å². The van der Waals surface area contributed by atoms with Crippen LogP contribution in [0.3, 0.4) is 0 Å². The normalized spacial score (nSPS) is 9.60. The van der Waals surface area contributed by atoms with E-state index in [9.17, 15) is 0 Å². The van der Waals surface area contributed by atoms with E-state index >= 15 is 0 Å². The zero-order valence-electron chi connectivity index (χ0n) is 9.29. The van der Waals surface area contributed by atoms with Gasteiger partial charge in [-0.1, -0.05) is 70.9 Å². The summed E-state index contributed by atoms with van der Waals surface area (Å²) in [6, 6.07) is 0. The van der Waals surface area contributed by atoms with Crippen LogP contribution in [0.1, 0.15) is 44.9 Å². The van der Waals surface area contributed by atoms with Crippen molar-refractivity contribution in [2.75, 3.05) is 20.6 Å². The molecule has 0 aliphatic rings. The van der Waals surface area contributed by atoms with Crippen LogP contribution < -0.4 is 0 Å². The highest BCUT2D eigenvalue weighted by Gasteiger charge is 1.88. The van der Waals surface area contributed by atoms with Crippen molar-refractivity contribution in [3.63, 3.8) is 0 Å². The maximum atomic E-state index is 5.22. The van der Waals surface area contributed by atoms with Gasteiger partial charge < -0.3 is 0 Å². The van der Waals surface area contributed by atoms with Gasteiger partial charge in [0, 0.05) is 11.8 Å². The van der Waals surface area contributed by atoms with Crippen molar-refractivity contribution in [1.82, 2.24) is 0 Å². The van der Waals surface area contributed by atoms with Gasteiger partial charge in [0.2, 0.25) is 0 Å². The number of unbranched alkanes of at least 4 members (excludes halogenated alkanes) is 5. The summed E-state index contributed by atoms with van der Waals surface area (Å²) in [6.45, 7) is 0. The summed E-state index contributed by atoms with van der Waals surface area (Å²) in [4.78, 5) is 0. The third-order valence-electron chi connectivity index (χ3n) is 1.78. The smallest absolute Gasteiger partial charge is 0.0234 e. The summed E-state index contributed by atoms with van der Waals surface area (Å²) in [7, 11) is 0. The molecule has 15 heavy (non-hydrogen) atoms. The molecule has 0 aliphatic carbocycles. The Labute approximate surface area is 133 Å². The lowest BCUT2D eigenvalue weighted by Gasteiger charge is -1.96. The highest BCUT2D eigenvalue weighted by Crippen LogP contribution is 2.07. The van der Waals surface area contributed by atoms with Gasteiger partial charge in [0.25, 0.3) is 0 Å². The maximum Gasteiger partial charge on any atom is 0.0234 e. The van der Waals surface area contributed by atoms with Crippen LogP contribution in [0.15, 0.2) is 0 Å². The Bertz CT molecular complexity index is 82.7. The molecule has 0 nitrogen and oxygen atoms in total. The van der Waals surface area contributed by atoms with Crippen molar-refractivity contribution in [2.45, 2.75) is 44.9 Å². The summed E-state index contributed by atoms with van der Waals surface area (Å²) < 4.78 is 2.67. The first kappa shape index (κ1) is 19.4. The minimum absolute atomic E-state index is 0.684. The average molecular weight is 479 g/mol. The van der Waals surface area contributed by atoms with Crippen LogP contribution >= 0.6 is 68.4 Å². The van der Waals surface area contributed by atoms with Gasteiger partial charge in [0.15, 0.2) is 0 Å². The number of hydrogen-bond acceptors (Lipinski definition) is 0. The topological polar surface area (TPSA) is 0 Å². The van der Waals surface area contributed by atoms with Crippen molar-refractivity contribution in [1.29, 1.82) is 0 Å². The Morgan fingerprint density at radius 2 is 0.867 bits per heavy atom. The minimum Gasteiger partial charge on any atom is -0.127 e. The van der Waals surface area contributed by atoms with Gasteiger partial charge >= 0.3 is 0 Å². The zero-order valence-corrected chi connectivity index (χ0v) is 15.1. The third kappa shape index (κ3) is 25.9. The van der Waals surface area contributed by atoms with Crippen molar-refractivity contribution in [2.24, 2.45) is 0 Å². The fourth-order valence-corrected chi connectivity index (χ4v) is 2.43. The average Bonchev–Trinajstić information content (AvgIpc) is 2.25. The predicted molar refractivity (Wildman–Crippen MR) is 91.5 cm³/mol. The number of alkyl halides is 4. The van der Waals surface area contributed by atoms with Crippen LogP contribution in [-0.2, 0) is 0 Å². The lowest BCUT2D eigenvalue weighted by molar-refractivity contribution is 0.633. The second-order valence-corrected chi connectivity index (χ2v) is 6.14. The van der Waals surface area contributed by atoms with Crippen LogP contribution in [0.5, 0.6) is 0 Å². The molecule has 94 valence electrons. The molecular weight excluding hydrogens is 457 g/mol. The number of rotatable bonds is 9. The molecule has 0 heterocycles. The first-order valence-electron chi connectivity index (χ1n) is 5.57. The Morgan fingerprint density at radius 3 is 1.07 bits per heavy atom. The first-order valence-corrected chi connectivity index (χ1v) is 9.69. The molecule has 0 spiro atoms. The lowest BCUT2D eigenvalue weighted by Crippen LogP contribution is -1.80. The molecule has 0 atom stereocenters.